The van der Waals surface area contributed by atoms with Crippen molar-refractivity contribution in [1.82, 2.24) is 4.90 Å². The summed E-state index contributed by atoms with van der Waals surface area (Å²) in [5, 5.41) is 0. The molecule has 0 radical (unpaired) electrons. The summed E-state index contributed by atoms with van der Waals surface area (Å²) in [5.41, 5.74) is 8.41. The maximum absolute atomic E-state index is 6.52. The van der Waals surface area contributed by atoms with Gasteiger partial charge in [0.1, 0.15) is 6.10 Å². The van der Waals surface area contributed by atoms with E-state index in [1.54, 1.807) is 0 Å². The Kier molecular flexibility index (Phi) is 5.44. The predicted octanol–water partition coefficient (Wildman–Crippen LogP) is 3.56. The summed E-state index contributed by atoms with van der Waals surface area (Å²) in [6, 6.07) is 21.0. The summed E-state index contributed by atoms with van der Waals surface area (Å²) < 4.78 is 6.52. The number of hydrogen-bond acceptors (Lipinski definition) is 3. The lowest BCUT2D eigenvalue weighted by atomic mass is 10.00. The van der Waals surface area contributed by atoms with Crippen molar-refractivity contribution in [2.45, 2.75) is 38.1 Å². The number of nitrogens with zero attached hydrogens (tertiary/aromatic N) is 1. The Hall–Kier alpha value is -1.68. The van der Waals surface area contributed by atoms with E-state index in [9.17, 15) is 0 Å². The average Bonchev–Trinajstić information content (AvgIpc) is 2.61. The van der Waals surface area contributed by atoms with Gasteiger partial charge in [-0.25, -0.2) is 0 Å². The van der Waals surface area contributed by atoms with Crippen molar-refractivity contribution in [3.8, 4) is 0 Å². The molecule has 3 nitrogen and oxygen atoms in total. The van der Waals surface area contributed by atoms with Gasteiger partial charge in [0.15, 0.2) is 0 Å². The maximum Gasteiger partial charge on any atom is 0.108 e. The van der Waals surface area contributed by atoms with Crippen LogP contribution in [0.15, 0.2) is 60.7 Å². The summed E-state index contributed by atoms with van der Waals surface area (Å²) in [4.78, 5) is 2.32. The van der Waals surface area contributed by atoms with E-state index in [1.807, 2.05) is 12.1 Å². The van der Waals surface area contributed by atoms with Gasteiger partial charge in [0.2, 0.25) is 0 Å². The second kappa shape index (κ2) is 7.73. The molecule has 0 spiro atoms. The Balaban J connectivity index is 1.73. The molecule has 0 saturated carbocycles. The molecule has 0 amide bonds. The van der Waals surface area contributed by atoms with Crippen molar-refractivity contribution in [2.75, 3.05) is 13.1 Å². The Morgan fingerprint density at radius 1 is 0.913 bits per heavy atom. The van der Waals surface area contributed by atoms with E-state index < -0.39 is 0 Å². The van der Waals surface area contributed by atoms with E-state index in [-0.39, 0.29) is 18.4 Å². The van der Waals surface area contributed by atoms with Gasteiger partial charge >= 0.3 is 0 Å². The first-order chi connectivity index (χ1) is 11.2. The quantitative estimate of drug-likeness (QED) is 0.917. The number of piperidine rings is 1. The average molecular weight is 310 g/mol. The molecule has 23 heavy (non-hydrogen) atoms. The fraction of sp³-hybridized carbons (Fsp3) is 0.400. The molecule has 1 aliphatic rings. The molecule has 1 unspecified atom stereocenters. The standard InChI is InChI=1S/C20H26N2O/c1-16(21)22-14-12-19(13-15-22)23-20(17-8-4-2-5-9-17)18-10-6-3-7-11-18/h2-11,16,19-20H,12-15,21H2,1H3. The van der Waals surface area contributed by atoms with Gasteiger partial charge in [-0.05, 0) is 30.9 Å². The number of nitrogens with two attached hydrogens (primary N) is 1. The zero-order valence-electron chi connectivity index (χ0n) is 13.8. The zero-order chi connectivity index (χ0) is 16.1. The number of hydrogen-bond donors (Lipinski definition) is 1. The summed E-state index contributed by atoms with van der Waals surface area (Å²) in [7, 11) is 0. The molecule has 2 aromatic carbocycles. The molecule has 1 aliphatic heterocycles. The Morgan fingerprint density at radius 3 is 1.83 bits per heavy atom. The monoisotopic (exact) mass is 310 g/mol. The van der Waals surface area contributed by atoms with Crippen LogP contribution in [0, 0.1) is 0 Å². The van der Waals surface area contributed by atoms with Gasteiger partial charge in [-0.3, -0.25) is 4.90 Å². The fourth-order valence-electron chi connectivity index (χ4n) is 3.22. The van der Waals surface area contributed by atoms with Gasteiger partial charge in [0.05, 0.1) is 12.3 Å². The molecule has 0 aromatic heterocycles. The van der Waals surface area contributed by atoms with Crippen LogP contribution in [0.3, 0.4) is 0 Å². The van der Waals surface area contributed by atoms with E-state index in [1.165, 1.54) is 11.1 Å². The molecule has 1 heterocycles. The van der Waals surface area contributed by atoms with Crippen LogP contribution in [0.2, 0.25) is 0 Å². The van der Waals surface area contributed by atoms with E-state index in [0.717, 1.165) is 25.9 Å². The molecule has 1 saturated heterocycles. The highest BCUT2D eigenvalue weighted by molar-refractivity contribution is 5.30. The fourth-order valence-corrected chi connectivity index (χ4v) is 3.22. The van der Waals surface area contributed by atoms with E-state index in [0.29, 0.717) is 0 Å². The summed E-state index contributed by atoms with van der Waals surface area (Å²) in [6.07, 6.45) is 2.50. The third-order valence-corrected chi connectivity index (χ3v) is 4.59. The Bertz CT molecular complexity index is 538. The molecule has 1 fully saturated rings. The van der Waals surface area contributed by atoms with Crippen LogP contribution in [0.5, 0.6) is 0 Å². The van der Waals surface area contributed by atoms with Crippen molar-refractivity contribution in [1.29, 1.82) is 0 Å². The van der Waals surface area contributed by atoms with E-state index in [2.05, 4.69) is 60.4 Å². The lowest BCUT2D eigenvalue weighted by molar-refractivity contribution is -0.0319. The molecule has 2 aromatic rings. The number of likely N-dealkylation sites (tertiary alicyclic amines) is 1. The molecule has 1 atom stereocenters. The van der Waals surface area contributed by atoms with Crippen LogP contribution in [-0.2, 0) is 4.74 Å². The SMILES string of the molecule is CC(N)N1CCC(OC(c2ccccc2)c2ccccc2)CC1. The third kappa shape index (κ3) is 4.20. The topological polar surface area (TPSA) is 38.5 Å². The highest BCUT2D eigenvalue weighted by Crippen LogP contribution is 2.30. The third-order valence-electron chi connectivity index (χ3n) is 4.59. The molecular weight excluding hydrogens is 284 g/mol. The second-order valence-corrected chi connectivity index (χ2v) is 6.31. The number of rotatable bonds is 5. The van der Waals surface area contributed by atoms with Gasteiger partial charge in [-0.15, -0.1) is 0 Å². The number of ether oxygens (including phenoxy) is 1. The molecule has 2 N–H and O–H groups in total. The lowest BCUT2D eigenvalue weighted by Crippen LogP contribution is -2.46. The summed E-state index contributed by atoms with van der Waals surface area (Å²) in [5.74, 6) is 0. The smallest absolute Gasteiger partial charge is 0.108 e. The van der Waals surface area contributed by atoms with Crippen molar-refractivity contribution >= 4 is 0 Å². The number of benzene rings is 2. The predicted molar refractivity (Wildman–Crippen MR) is 94.1 cm³/mol. The second-order valence-electron chi connectivity index (χ2n) is 6.31. The van der Waals surface area contributed by atoms with Gasteiger partial charge in [0.25, 0.3) is 0 Å². The summed E-state index contributed by atoms with van der Waals surface area (Å²) >= 11 is 0. The summed E-state index contributed by atoms with van der Waals surface area (Å²) in [6.45, 7) is 4.08. The van der Waals surface area contributed by atoms with Crippen molar-refractivity contribution < 1.29 is 4.74 Å². The highest BCUT2D eigenvalue weighted by atomic mass is 16.5. The van der Waals surface area contributed by atoms with Gasteiger partial charge < -0.3 is 10.5 Å². The van der Waals surface area contributed by atoms with Crippen molar-refractivity contribution in [3.05, 3.63) is 71.8 Å². The highest BCUT2D eigenvalue weighted by Gasteiger charge is 2.25. The van der Waals surface area contributed by atoms with Crippen LogP contribution in [0.1, 0.15) is 37.0 Å². The van der Waals surface area contributed by atoms with Crippen LogP contribution in [0.25, 0.3) is 0 Å². The van der Waals surface area contributed by atoms with Crippen LogP contribution < -0.4 is 5.73 Å². The largest absolute Gasteiger partial charge is 0.365 e. The van der Waals surface area contributed by atoms with Gasteiger partial charge in [-0.2, -0.15) is 0 Å². The van der Waals surface area contributed by atoms with Crippen LogP contribution in [0.4, 0.5) is 0 Å². The normalized spacial score (nSPS) is 18.2. The molecule has 0 aliphatic carbocycles. The minimum absolute atomic E-state index is 0.00394. The van der Waals surface area contributed by atoms with Gasteiger partial charge in [-0.1, -0.05) is 60.7 Å². The maximum atomic E-state index is 6.52. The van der Waals surface area contributed by atoms with Crippen molar-refractivity contribution in [3.63, 3.8) is 0 Å². The Labute approximate surface area is 139 Å². The Morgan fingerprint density at radius 2 is 1.39 bits per heavy atom. The van der Waals surface area contributed by atoms with Crippen LogP contribution >= 0.6 is 0 Å². The first-order valence-corrected chi connectivity index (χ1v) is 8.49. The minimum Gasteiger partial charge on any atom is -0.365 e. The van der Waals surface area contributed by atoms with Crippen molar-refractivity contribution in [2.24, 2.45) is 5.73 Å². The van der Waals surface area contributed by atoms with E-state index in [4.69, 9.17) is 10.5 Å². The molecule has 0 bridgehead atoms. The first-order valence-electron chi connectivity index (χ1n) is 8.49. The van der Waals surface area contributed by atoms with Gasteiger partial charge in [0, 0.05) is 13.1 Å². The first kappa shape index (κ1) is 16.2. The zero-order valence-corrected chi connectivity index (χ0v) is 13.8. The van der Waals surface area contributed by atoms with E-state index >= 15 is 0 Å². The minimum atomic E-state index is 0.00394. The molecule has 122 valence electrons. The molecule has 3 heteroatoms. The van der Waals surface area contributed by atoms with Crippen LogP contribution in [-0.4, -0.2) is 30.3 Å². The molecular formula is C20H26N2O. The molecule has 3 rings (SSSR count). The lowest BCUT2D eigenvalue weighted by Gasteiger charge is -2.36.